The van der Waals surface area contributed by atoms with Gasteiger partial charge in [0, 0.05) is 38.5 Å². The molecule has 270 valence electrons. The van der Waals surface area contributed by atoms with Crippen molar-refractivity contribution in [2.45, 2.75) is 19.3 Å². The Hall–Kier alpha value is -7.16. The summed E-state index contributed by atoms with van der Waals surface area (Å²) in [5.74, 6) is 0. The third-order valence-corrected chi connectivity index (χ3v) is 12.0. The van der Waals surface area contributed by atoms with E-state index < -0.39 is 0 Å². The molecule has 57 heavy (non-hydrogen) atoms. The zero-order valence-corrected chi connectivity index (χ0v) is 31.9. The van der Waals surface area contributed by atoms with Crippen LogP contribution in [0.5, 0.6) is 0 Å². The van der Waals surface area contributed by atoms with E-state index in [9.17, 15) is 0 Å². The predicted octanol–water partition coefficient (Wildman–Crippen LogP) is 15.5. The quantitative estimate of drug-likeness (QED) is 0.169. The van der Waals surface area contributed by atoms with Crippen LogP contribution in [0.2, 0.25) is 0 Å². The zero-order chi connectivity index (χ0) is 38.1. The van der Waals surface area contributed by atoms with Gasteiger partial charge in [-0.05, 0) is 104 Å². The molecule has 1 aliphatic carbocycles. The number of furan rings is 1. The van der Waals surface area contributed by atoms with Gasteiger partial charge >= 0.3 is 0 Å². The average molecular weight is 730 g/mol. The van der Waals surface area contributed by atoms with Crippen molar-refractivity contribution >= 4 is 49.8 Å². The smallest absolute Gasteiger partial charge is 0.143 e. The highest BCUT2D eigenvalue weighted by Crippen LogP contribution is 2.53. The molecular weight excluding hydrogens is 691 g/mol. The van der Waals surface area contributed by atoms with Crippen LogP contribution in [0, 0.1) is 0 Å². The largest absolute Gasteiger partial charge is 0.455 e. The molecule has 0 bridgehead atoms. The molecule has 1 heterocycles. The molecule has 0 unspecified atom stereocenters. The lowest BCUT2D eigenvalue weighted by atomic mass is 9.81. The average Bonchev–Trinajstić information content (AvgIpc) is 3.76. The van der Waals surface area contributed by atoms with Crippen LogP contribution in [-0.2, 0) is 5.41 Å². The summed E-state index contributed by atoms with van der Waals surface area (Å²) in [5, 5.41) is 4.72. The molecule has 0 N–H and O–H groups in total. The summed E-state index contributed by atoms with van der Waals surface area (Å²) in [6.07, 6.45) is 0. The van der Waals surface area contributed by atoms with Crippen LogP contribution in [0.15, 0.2) is 205 Å². The minimum Gasteiger partial charge on any atom is -0.455 e. The summed E-state index contributed by atoms with van der Waals surface area (Å²) in [4.78, 5) is 2.47. The van der Waals surface area contributed by atoms with E-state index in [1.807, 2.05) is 6.07 Å². The van der Waals surface area contributed by atoms with Crippen LogP contribution in [-0.4, -0.2) is 0 Å². The molecule has 2 heteroatoms. The van der Waals surface area contributed by atoms with E-state index >= 15 is 0 Å². The van der Waals surface area contributed by atoms with Crippen molar-refractivity contribution in [3.05, 3.63) is 211 Å². The van der Waals surface area contributed by atoms with Gasteiger partial charge in [0.15, 0.2) is 0 Å². The summed E-state index contributed by atoms with van der Waals surface area (Å²) in [6, 6.07) is 72.7. The van der Waals surface area contributed by atoms with Gasteiger partial charge in [-0.2, -0.15) is 0 Å². The second kappa shape index (κ2) is 13.0. The predicted molar refractivity (Wildman–Crippen MR) is 240 cm³/mol. The fourth-order valence-electron chi connectivity index (χ4n) is 9.17. The fraction of sp³-hybridized carbons (Fsp3) is 0.0545. The molecule has 1 aliphatic rings. The molecule has 1 aromatic heterocycles. The molecule has 0 radical (unpaired) electrons. The minimum absolute atomic E-state index is 0.246. The monoisotopic (exact) mass is 729 g/mol. The maximum atomic E-state index is 6.50. The lowest BCUT2D eigenvalue weighted by Gasteiger charge is -2.30. The Balaban J connectivity index is 1.09. The highest BCUT2D eigenvalue weighted by atomic mass is 16.3. The Morgan fingerprint density at radius 3 is 1.74 bits per heavy atom. The molecule has 10 aromatic rings. The van der Waals surface area contributed by atoms with Crippen LogP contribution in [0.3, 0.4) is 0 Å². The van der Waals surface area contributed by atoms with Crippen molar-refractivity contribution in [1.82, 2.24) is 0 Å². The standard InChI is InChI=1S/C55H39NO/c1-55(2)50-34-39(45-23-14-24-49-48-22-11-12-26-53(48)57-54(45)49)27-29-46(50)47-30-28-42(35-51(47)55)56(52-25-13-20-38-19-9-10-21-44(38)52)43-32-40(36-15-5-3-6-16-36)31-41(33-43)37-17-7-4-8-18-37/h3-35H,1-2H3. The van der Waals surface area contributed by atoms with Crippen LogP contribution < -0.4 is 4.90 Å². The van der Waals surface area contributed by atoms with Gasteiger partial charge in [-0.1, -0.05) is 166 Å². The van der Waals surface area contributed by atoms with E-state index in [0.29, 0.717) is 0 Å². The molecule has 0 amide bonds. The Morgan fingerprint density at radius 1 is 0.386 bits per heavy atom. The number of hydrogen-bond acceptors (Lipinski definition) is 2. The van der Waals surface area contributed by atoms with Gasteiger partial charge in [0.2, 0.25) is 0 Å². The highest BCUT2D eigenvalue weighted by molar-refractivity contribution is 6.10. The molecule has 11 rings (SSSR count). The molecule has 0 spiro atoms. The Labute approximate surface area is 332 Å². The number of hydrogen-bond donors (Lipinski definition) is 0. The molecule has 0 atom stereocenters. The molecule has 0 saturated heterocycles. The first-order valence-corrected chi connectivity index (χ1v) is 19.8. The SMILES string of the molecule is CC1(C)c2cc(-c3cccc4c3oc3ccccc34)ccc2-c2ccc(N(c3cc(-c4ccccc4)cc(-c4ccccc4)c3)c3cccc4ccccc34)cc21. The fourth-order valence-corrected chi connectivity index (χ4v) is 9.17. The van der Waals surface area contributed by atoms with E-state index in [4.69, 9.17) is 4.42 Å². The van der Waals surface area contributed by atoms with Crippen LogP contribution in [0.1, 0.15) is 25.0 Å². The third-order valence-electron chi connectivity index (χ3n) is 12.0. The normalized spacial score (nSPS) is 12.9. The van der Waals surface area contributed by atoms with E-state index in [0.717, 1.165) is 44.6 Å². The number of para-hydroxylation sites is 2. The highest BCUT2D eigenvalue weighted by Gasteiger charge is 2.36. The summed E-state index contributed by atoms with van der Waals surface area (Å²) < 4.78 is 6.50. The van der Waals surface area contributed by atoms with E-state index in [-0.39, 0.29) is 5.41 Å². The van der Waals surface area contributed by atoms with Gasteiger partial charge in [0.25, 0.3) is 0 Å². The number of fused-ring (bicyclic) bond motifs is 7. The molecule has 2 nitrogen and oxygen atoms in total. The first kappa shape index (κ1) is 33.2. The lowest BCUT2D eigenvalue weighted by molar-refractivity contribution is 0.660. The minimum atomic E-state index is -0.246. The van der Waals surface area contributed by atoms with Gasteiger partial charge in [0.1, 0.15) is 11.2 Å². The van der Waals surface area contributed by atoms with Crippen molar-refractivity contribution < 1.29 is 4.42 Å². The molecule has 0 aliphatic heterocycles. The summed E-state index contributed by atoms with van der Waals surface area (Å²) in [7, 11) is 0. The van der Waals surface area contributed by atoms with Crippen molar-refractivity contribution in [3.8, 4) is 44.5 Å². The van der Waals surface area contributed by atoms with Gasteiger partial charge in [0.05, 0.1) is 5.69 Å². The van der Waals surface area contributed by atoms with Gasteiger partial charge in [-0.25, -0.2) is 0 Å². The third kappa shape index (κ3) is 5.40. The van der Waals surface area contributed by atoms with Gasteiger partial charge < -0.3 is 9.32 Å². The van der Waals surface area contributed by atoms with E-state index in [1.54, 1.807) is 0 Å². The summed E-state index contributed by atoms with van der Waals surface area (Å²) in [6.45, 7) is 4.75. The first-order chi connectivity index (χ1) is 28.0. The van der Waals surface area contributed by atoms with Crippen molar-refractivity contribution in [1.29, 1.82) is 0 Å². The molecule has 0 fully saturated rings. The second-order valence-corrected chi connectivity index (χ2v) is 15.7. The van der Waals surface area contributed by atoms with Gasteiger partial charge in [-0.15, -0.1) is 0 Å². The summed E-state index contributed by atoms with van der Waals surface area (Å²) in [5.41, 5.74) is 17.2. The molecule has 0 saturated carbocycles. The van der Waals surface area contributed by atoms with Crippen molar-refractivity contribution in [2.24, 2.45) is 0 Å². The lowest BCUT2D eigenvalue weighted by Crippen LogP contribution is -2.17. The van der Waals surface area contributed by atoms with Crippen LogP contribution >= 0.6 is 0 Å². The number of nitrogens with zero attached hydrogens (tertiary/aromatic N) is 1. The Bertz CT molecular complexity index is 3090. The van der Waals surface area contributed by atoms with Crippen molar-refractivity contribution in [2.75, 3.05) is 4.90 Å². The number of anilines is 3. The number of benzene rings is 9. The Kier molecular flexibility index (Phi) is 7.55. The summed E-state index contributed by atoms with van der Waals surface area (Å²) >= 11 is 0. The van der Waals surface area contributed by atoms with E-state index in [2.05, 4.69) is 213 Å². The number of rotatable bonds is 6. The molecular formula is C55H39NO. The zero-order valence-electron chi connectivity index (χ0n) is 31.9. The maximum absolute atomic E-state index is 6.50. The van der Waals surface area contributed by atoms with Crippen LogP contribution in [0.4, 0.5) is 17.1 Å². The maximum Gasteiger partial charge on any atom is 0.143 e. The molecule has 9 aromatic carbocycles. The Morgan fingerprint density at radius 2 is 0.982 bits per heavy atom. The van der Waals surface area contributed by atoms with Gasteiger partial charge in [-0.3, -0.25) is 0 Å². The van der Waals surface area contributed by atoms with Crippen LogP contribution in [0.25, 0.3) is 77.2 Å². The second-order valence-electron chi connectivity index (χ2n) is 15.7. The topological polar surface area (TPSA) is 16.4 Å². The van der Waals surface area contributed by atoms with Crippen molar-refractivity contribution in [3.63, 3.8) is 0 Å². The first-order valence-electron chi connectivity index (χ1n) is 19.8. The van der Waals surface area contributed by atoms with E-state index in [1.165, 1.54) is 60.8 Å².